The smallest absolute Gasteiger partial charge is 0.378 e. The summed E-state index contributed by atoms with van der Waals surface area (Å²) in [5.74, 6) is -1.49. The SMILES string of the molecule is CC(C)C[C@H](CC(=O)[C@@H](NC(=O)c1cccc(-c2ccccc2)n1)[C@@H](C)O)[B-]12OC[C@@H](C)N1[C@@H](C)C(=O)O2. The molecule has 0 spiro atoms. The summed E-state index contributed by atoms with van der Waals surface area (Å²) < 4.78 is 12.0. The van der Waals surface area contributed by atoms with Crippen molar-refractivity contribution in [3.05, 3.63) is 54.2 Å². The third-order valence-corrected chi connectivity index (χ3v) is 7.57. The maximum Gasteiger partial charge on any atom is 0.378 e. The van der Waals surface area contributed by atoms with E-state index < -0.39 is 36.6 Å². The fourth-order valence-corrected chi connectivity index (χ4v) is 5.87. The average molecular weight is 522 g/mol. The average Bonchev–Trinajstić information content (AvgIpc) is 3.35. The van der Waals surface area contributed by atoms with Gasteiger partial charge >= 0.3 is 6.69 Å². The summed E-state index contributed by atoms with van der Waals surface area (Å²) in [5, 5.41) is 13.2. The van der Waals surface area contributed by atoms with Crippen molar-refractivity contribution in [1.29, 1.82) is 0 Å². The van der Waals surface area contributed by atoms with Gasteiger partial charge in [0.1, 0.15) is 11.7 Å². The van der Waals surface area contributed by atoms with Crippen molar-refractivity contribution in [1.82, 2.24) is 15.1 Å². The van der Waals surface area contributed by atoms with Crippen LogP contribution in [0.1, 0.15) is 57.9 Å². The topological polar surface area (TPSA) is 118 Å². The highest BCUT2D eigenvalue weighted by Gasteiger charge is 2.58. The van der Waals surface area contributed by atoms with Gasteiger partial charge in [0.15, 0.2) is 5.78 Å². The second-order valence-electron chi connectivity index (χ2n) is 11.0. The summed E-state index contributed by atoms with van der Waals surface area (Å²) in [4.78, 5) is 45.8. The monoisotopic (exact) mass is 522 g/mol. The van der Waals surface area contributed by atoms with Crippen molar-refractivity contribution >= 4 is 24.3 Å². The molecular weight excluding hydrogens is 485 g/mol. The van der Waals surface area contributed by atoms with E-state index in [9.17, 15) is 19.5 Å². The minimum Gasteiger partial charge on any atom is -0.652 e. The van der Waals surface area contributed by atoms with E-state index in [1.165, 1.54) is 6.92 Å². The lowest BCUT2D eigenvalue weighted by atomic mass is 9.53. The molecule has 38 heavy (non-hydrogen) atoms. The highest BCUT2D eigenvalue weighted by atomic mass is 16.7. The Morgan fingerprint density at radius 1 is 1.13 bits per heavy atom. The number of hydrogen-bond acceptors (Lipinski definition) is 8. The fourth-order valence-electron chi connectivity index (χ4n) is 5.87. The Labute approximate surface area is 223 Å². The van der Waals surface area contributed by atoms with Crippen LogP contribution in [0.3, 0.4) is 0 Å². The van der Waals surface area contributed by atoms with Crippen LogP contribution in [0.2, 0.25) is 5.82 Å². The second-order valence-corrected chi connectivity index (χ2v) is 11.0. The van der Waals surface area contributed by atoms with Crippen molar-refractivity contribution in [3.8, 4) is 11.3 Å². The molecule has 2 N–H and O–H groups in total. The minimum atomic E-state index is -2.18. The predicted molar refractivity (Wildman–Crippen MR) is 144 cm³/mol. The van der Waals surface area contributed by atoms with Gasteiger partial charge in [-0.3, -0.25) is 14.4 Å². The molecule has 2 fully saturated rings. The van der Waals surface area contributed by atoms with E-state index in [2.05, 4.69) is 10.3 Å². The van der Waals surface area contributed by atoms with E-state index in [1.807, 2.05) is 55.9 Å². The first-order chi connectivity index (χ1) is 18.0. The van der Waals surface area contributed by atoms with Crippen LogP contribution in [0.15, 0.2) is 48.5 Å². The van der Waals surface area contributed by atoms with Gasteiger partial charge < -0.3 is 24.5 Å². The van der Waals surface area contributed by atoms with Gasteiger partial charge in [-0.25, -0.2) is 4.98 Å². The van der Waals surface area contributed by atoms with E-state index in [1.54, 1.807) is 25.1 Å². The molecule has 1 amide bonds. The maximum absolute atomic E-state index is 13.6. The Bertz CT molecular complexity index is 1180. The molecule has 0 radical (unpaired) electrons. The molecule has 2 aromatic rings. The van der Waals surface area contributed by atoms with Gasteiger partial charge in [0.25, 0.3) is 11.9 Å². The molecule has 1 unspecified atom stereocenters. The summed E-state index contributed by atoms with van der Waals surface area (Å²) in [6, 6.07) is 12.9. The van der Waals surface area contributed by atoms with Crippen LogP contribution >= 0.6 is 0 Å². The number of amides is 1. The van der Waals surface area contributed by atoms with Crippen LogP contribution in [0.25, 0.3) is 11.3 Å². The zero-order valence-corrected chi connectivity index (χ0v) is 22.7. The molecule has 1 aromatic heterocycles. The number of nitrogens with zero attached hydrogens (tertiary/aromatic N) is 2. The Morgan fingerprint density at radius 3 is 2.50 bits per heavy atom. The van der Waals surface area contributed by atoms with Gasteiger partial charge in [-0.15, -0.1) is 0 Å². The number of aromatic nitrogens is 1. The summed E-state index contributed by atoms with van der Waals surface area (Å²) in [6.07, 6.45) is -0.580. The number of carbonyl (C=O) groups is 3. The van der Waals surface area contributed by atoms with Crippen LogP contribution in [0.4, 0.5) is 0 Å². The number of aliphatic hydroxyl groups excluding tert-OH is 1. The molecule has 0 saturated carbocycles. The van der Waals surface area contributed by atoms with Crippen LogP contribution in [-0.4, -0.2) is 70.1 Å². The zero-order chi connectivity index (χ0) is 27.6. The fraction of sp³-hybridized carbons (Fsp3) is 0.500. The van der Waals surface area contributed by atoms with Gasteiger partial charge in [-0.05, 0) is 44.4 Å². The number of Topliss-reactive ketones (excluding diaryl/α,β-unsaturated/α-hetero) is 1. The molecule has 0 bridgehead atoms. The van der Waals surface area contributed by atoms with Crippen molar-refractivity contribution in [2.24, 2.45) is 5.92 Å². The summed E-state index contributed by atoms with van der Waals surface area (Å²) >= 11 is 0. The molecule has 2 aliphatic rings. The number of benzene rings is 1. The van der Waals surface area contributed by atoms with Gasteiger partial charge in [0.2, 0.25) is 0 Å². The van der Waals surface area contributed by atoms with E-state index in [0.29, 0.717) is 18.7 Å². The molecule has 3 heterocycles. The molecule has 10 heteroatoms. The van der Waals surface area contributed by atoms with Gasteiger partial charge in [-0.1, -0.05) is 69.4 Å². The van der Waals surface area contributed by atoms with Gasteiger partial charge in [0, 0.05) is 12.2 Å². The third-order valence-electron chi connectivity index (χ3n) is 7.57. The van der Waals surface area contributed by atoms with Gasteiger partial charge in [-0.2, -0.15) is 0 Å². The highest BCUT2D eigenvalue weighted by molar-refractivity contribution is 6.70. The Kier molecular flexibility index (Phi) is 8.35. The molecule has 9 nitrogen and oxygen atoms in total. The second kappa shape index (κ2) is 11.3. The third kappa shape index (κ3) is 5.53. The Hall–Kier alpha value is -3.08. The van der Waals surface area contributed by atoms with Crippen molar-refractivity contribution in [3.63, 3.8) is 0 Å². The van der Waals surface area contributed by atoms with Crippen molar-refractivity contribution in [2.75, 3.05) is 6.61 Å². The maximum atomic E-state index is 13.6. The molecule has 4 rings (SSSR count). The molecule has 2 aliphatic heterocycles. The Balaban J connectivity index is 1.54. The predicted octanol–water partition coefficient (Wildman–Crippen LogP) is 3.21. The number of carbonyl (C=O) groups excluding carboxylic acids is 3. The van der Waals surface area contributed by atoms with E-state index in [0.717, 1.165) is 5.56 Å². The first-order valence-corrected chi connectivity index (χ1v) is 13.4. The minimum absolute atomic E-state index is 0.0191. The van der Waals surface area contributed by atoms with E-state index >= 15 is 0 Å². The molecule has 2 saturated heterocycles. The lowest BCUT2D eigenvalue weighted by Gasteiger charge is -2.45. The number of pyridine rings is 1. The van der Waals surface area contributed by atoms with Crippen molar-refractivity contribution < 1.29 is 28.8 Å². The summed E-state index contributed by atoms with van der Waals surface area (Å²) in [6.45, 7) is 7.53. The highest BCUT2D eigenvalue weighted by Crippen LogP contribution is 2.45. The lowest BCUT2D eigenvalue weighted by molar-refractivity contribution is -0.136. The van der Waals surface area contributed by atoms with Crippen LogP contribution in [-0.2, 0) is 18.9 Å². The number of nitrogens with one attached hydrogen (secondary N) is 1. The Morgan fingerprint density at radius 2 is 1.84 bits per heavy atom. The number of ketones is 1. The van der Waals surface area contributed by atoms with Crippen LogP contribution in [0, 0.1) is 5.92 Å². The van der Waals surface area contributed by atoms with Crippen molar-refractivity contribution in [2.45, 2.75) is 77.5 Å². The van der Waals surface area contributed by atoms with E-state index in [4.69, 9.17) is 9.31 Å². The number of aliphatic hydroxyl groups is 1. The quantitative estimate of drug-likeness (QED) is 0.457. The molecular formula is C28H37BN3O6-. The normalized spacial score (nSPS) is 25.5. The summed E-state index contributed by atoms with van der Waals surface area (Å²) in [7, 11) is 0. The van der Waals surface area contributed by atoms with Gasteiger partial charge in [0.05, 0.1) is 17.8 Å². The molecule has 0 aliphatic carbocycles. The molecule has 6 atom stereocenters. The summed E-state index contributed by atoms with van der Waals surface area (Å²) in [5.41, 5.74) is 1.63. The first kappa shape index (κ1) is 27.9. The van der Waals surface area contributed by atoms with Crippen LogP contribution < -0.4 is 5.32 Å². The zero-order valence-electron chi connectivity index (χ0n) is 22.7. The number of hydrogen-bond donors (Lipinski definition) is 2. The molecule has 1 aromatic carbocycles. The number of rotatable bonds is 10. The van der Waals surface area contributed by atoms with E-state index in [-0.39, 0.29) is 35.8 Å². The first-order valence-electron chi connectivity index (χ1n) is 13.4. The van der Waals surface area contributed by atoms with Crippen LogP contribution in [0.5, 0.6) is 0 Å². The number of fused-ring (bicyclic) bond motifs is 1. The molecule has 204 valence electrons. The largest absolute Gasteiger partial charge is 0.652 e. The standard InChI is InChI=1S/C28H37BN3O6/c1-17(2)14-22(29-32(18(3)16-37-29)19(4)28(36)38-29)15-25(34)26(20(5)33)31-27(35)24-13-9-12-23(30-24)21-10-7-6-8-11-21/h6-13,17-20,22,26,33H,14-16H2,1-5H3,(H,31,35)/q-1/t18-,19+,20-,22-,26+,29?/m1/s1. The lowest BCUT2D eigenvalue weighted by Crippen LogP contribution is -2.56.